The number of hydrogen-bond acceptors (Lipinski definition) is 5. The number of benzene rings is 1. The largest absolute Gasteiger partial charge is 0.545 e. The number of fused-ring (bicyclic) bond motifs is 2. The average molecular weight is 401 g/mol. The zero-order valence-electron chi connectivity index (χ0n) is 16.5. The highest BCUT2D eigenvalue weighted by molar-refractivity contribution is 6.00. The van der Waals surface area contributed by atoms with Gasteiger partial charge in [-0.2, -0.15) is 0 Å². The van der Waals surface area contributed by atoms with Crippen molar-refractivity contribution < 1.29 is 34.2 Å². The van der Waals surface area contributed by atoms with Crippen molar-refractivity contribution in [2.45, 2.75) is 38.5 Å². The van der Waals surface area contributed by atoms with E-state index in [4.69, 9.17) is 9.84 Å². The number of nitrogens with one attached hydrogen (secondary N) is 1. The van der Waals surface area contributed by atoms with Gasteiger partial charge in [0.25, 0.3) is 0 Å². The third kappa shape index (κ3) is 5.52. The number of morpholine rings is 1. The van der Waals surface area contributed by atoms with Crippen molar-refractivity contribution in [3.8, 4) is 0 Å². The molecule has 0 spiro atoms. The normalized spacial score (nSPS) is 18.1. The Hall–Kier alpha value is -2.51. The molecule has 1 aliphatic heterocycles. The molecule has 1 aromatic carbocycles. The third-order valence-corrected chi connectivity index (χ3v) is 5.72. The van der Waals surface area contributed by atoms with Gasteiger partial charge in [0.2, 0.25) is 5.78 Å². The second-order valence-corrected chi connectivity index (χ2v) is 7.69. The van der Waals surface area contributed by atoms with Crippen LogP contribution in [0.1, 0.15) is 45.5 Å². The summed E-state index contributed by atoms with van der Waals surface area (Å²) in [4.78, 5) is 33.3. The number of Topliss-reactive ketones (excluding diaryl/α,β-unsaturated/α-hetero) is 1. The molecule has 1 aromatic rings. The molecular formula is C22H27NO6. The van der Waals surface area contributed by atoms with Gasteiger partial charge in [0.15, 0.2) is 0 Å². The number of ketones is 1. The predicted octanol–water partition coefficient (Wildman–Crippen LogP) is -0.861. The van der Waals surface area contributed by atoms with E-state index in [-0.39, 0.29) is 0 Å². The lowest BCUT2D eigenvalue weighted by Crippen LogP contribution is -3.14. The Labute approximate surface area is 170 Å². The molecule has 1 fully saturated rings. The molecule has 1 saturated heterocycles. The number of aliphatic carboxylic acids is 2. The topological polar surface area (TPSA) is 108 Å². The molecule has 0 unspecified atom stereocenters. The minimum absolute atomic E-state index is 0.392. The summed E-state index contributed by atoms with van der Waals surface area (Å²) in [5.41, 5.74) is 6.87. The lowest BCUT2D eigenvalue weighted by Gasteiger charge is -2.24. The van der Waals surface area contributed by atoms with Gasteiger partial charge in [-0.15, -0.1) is 0 Å². The number of hydrogen-bond donors (Lipinski definition) is 2. The third-order valence-electron chi connectivity index (χ3n) is 5.72. The van der Waals surface area contributed by atoms with Gasteiger partial charge >= 0.3 is 5.97 Å². The molecule has 0 atom stereocenters. The molecule has 0 saturated carbocycles. The molecule has 7 heteroatoms. The second kappa shape index (κ2) is 9.80. The van der Waals surface area contributed by atoms with E-state index in [1.165, 1.54) is 52.8 Å². The van der Waals surface area contributed by atoms with Crippen LogP contribution in [0.25, 0.3) is 0 Å². The monoisotopic (exact) mass is 401 g/mol. The number of ether oxygens (including phenoxy) is 1. The first-order valence-corrected chi connectivity index (χ1v) is 10.2. The van der Waals surface area contributed by atoms with Crippen molar-refractivity contribution in [3.63, 3.8) is 0 Å². The Bertz CT molecular complexity index is 775. The number of carboxylic acids is 2. The van der Waals surface area contributed by atoms with Crippen molar-refractivity contribution in [2.75, 3.05) is 32.8 Å². The molecule has 4 rings (SSSR count). The lowest BCUT2D eigenvalue weighted by molar-refractivity contribution is -0.899. The van der Waals surface area contributed by atoms with Gasteiger partial charge in [-0.3, -0.25) is 4.79 Å². The van der Waals surface area contributed by atoms with Gasteiger partial charge in [-0.05, 0) is 66.9 Å². The average Bonchev–Trinajstić information content (AvgIpc) is 3.34. The summed E-state index contributed by atoms with van der Waals surface area (Å²) in [7, 11) is 0. The van der Waals surface area contributed by atoms with Crippen LogP contribution in [0, 0.1) is 0 Å². The van der Waals surface area contributed by atoms with E-state index in [0.717, 1.165) is 44.7 Å². The molecule has 7 nitrogen and oxygen atoms in total. The van der Waals surface area contributed by atoms with E-state index in [1.54, 1.807) is 0 Å². The minimum atomic E-state index is -1.51. The Kier molecular flexibility index (Phi) is 7.17. The molecule has 2 N–H and O–H groups in total. The Morgan fingerprint density at radius 1 is 1.00 bits per heavy atom. The van der Waals surface area contributed by atoms with E-state index in [2.05, 4.69) is 6.07 Å². The molecule has 0 radical (unpaired) electrons. The van der Waals surface area contributed by atoms with Gasteiger partial charge in [-0.25, -0.2) is 4.79 Å². The maximum Gasteiger partial charge on any atom is 0.328 e. The van der Waals surface area contributed by atoms with Gasteiger partial charge in [0.05, 0.1) is 19.2 Å². The quantitative estimate of drug-likeness (QED) is 0.491. The van der Waals surface area contributed by atoms with Crippen LogP contribution in [0.4, 0.5) is 0 Å². The summed E-state index contributed by atoms with van der Waals surface area (Å²) < 4.78 is 5.40. The number of aryl methyl sites for hydroxylation is 2. The van der Waals surface area contributed by atoms with Crippen molar-refractivity contribution in [1.82, 2.24) is 0 Å². The summed E-state index contributed by atoms with van der Waals surface area (Å²) in [6.45, 7) is 4.21. The Balaban J connectivity index is 0.000000258. The van der Waals surface area contributed by atoms with Crippen molar-refractivity contribution >= 4 is 17.7 Å². The zero-order valence-corrected chi connectivity index (χ0v) is 16.5. The summed E-state index contributed by atoms with van der Waals surface area (Å²) >= 11 is 0. The molecule has 0 bridgehead atoms. The zero-order chi connectivity index (χ0) is 20.8. The summed E-state index contributed by atoms with van der Waals surface area (Å²) in [5.74, 6) is -2.41. The summed E-state index contributed by atoms with van der Waals surface area (Å²) in [6, 6.07) is 2.41. The second-order valence-electron chi connectivity index (χ2n) is 7.69. The van der Waals surface area contributed by atoms with E-state index in [0.29, 0.717) is 24.5 Å². The fourth-order valence-electron chi connectivity index (χ4n) is 4.44. The van der Waals surface area contributed by atoms with Gasteiger partial charge < -0.3 is 24.6 Å². The van der Waals surface area contributed by atoms with Gasteiger partial charge in [0.1, 0.15) is 19.6 Å². The van der Waals surface area contributed by atoms with Crippen LogP contribution in [0.2, 0.25) is 0 Å². The number of quaternary nitrogens is 1. The molecule has 29 heavy (non-hydrogen) atoms. The van der Waals surface area contributed by atoms with E-state index in [9.17, 15) is 19.5 Å². The Morgan fingerprint density at radius 3 is 2.07 bits per heavy atom. The van der Waals surface area contributed by atoms with E-state index < -0.39 is 11.9 Å². The molecular weight excluding hydrogens is 374 g/mol. The maximum atomic E-state index is 13.0. The van der Waals surface area contributed by atoms with Crippen molar-refractivity contribution in [1.29, 1.82) is 0 Å². The fraction of sp³-hybridized carbons (Fsp3) is 0.500. The van der Waals surface area contributed by atoms with E-state index in [1.807, 2.05) is 0 Å². The van der Waals surface area contributed by atoms with Crippen LogP contribution in [-0.4, -0.2) is 55.7 Å². The smallest absolute Gasteiger partial charge is 0.328 e. The predicted molar refractivity (Wildman–Crippen MR) is 103 cm³/mol. The molecule has 2 aliphatic carbocycles. The molecule has 3 aliphatic rings. The molecule has 156 valence electrons. The standard InChI is InChI=1S/C18H23NO2.C4H4O4/c20-17(12-19-7-9-21-10-8-19)18-15-5-1-3-13(15)11-14-4-2-6-16(14)18;5-3(6)1-2-4(7)8/h11H,1-10,12H2;1-2H,(H,5,6)(H,7,8)/b;2-1-. The highest BCUT2D eigenvalue weighted by Crippen LogP contribution is 2.35. The van der Waals surface area contributed by atoms with Crippen LogP contribution in [-0.2, 0) is 40.0 Å². The SMILES string of the molecule is O=C(C[NH+]1CCOCC1)c1c2c(cc3c1CCC3)CCC2.O=C([O-])/C=C\C(=O)O. The minimum Gasteiger partial charge on any atom is -0.545 e. The number of carboxylic acid groups (broad SMARTS) is 2. The number of carbonyl (C=O) groups is 3. The highest BCUT2D eigenvalue weighted by Gasteiger charge is 2.29. The van der Waals surface area contributed by atoms with Crippen LogP contribution >= 0.6 is 0 Å². The summed E-state index contributed by atoms with van der Waals surface area (Å²) in [5, 5.41) is 17.2. The highest BCUT2D eigenvalue weighted by atomic mass is 16.5. The van der Waals surface area contributed by atoms with Crippen molar-refractivity contribution in [2.24, 2.45) is 0 Å². The van der Waals surface area contributed by atoms with Crippen LogP contribution in [0.3, 0.4) is 0 Å². The Morgan fingerprint density at radius 2 is 1.59 bits per heavy atom. The first kappa shape index (κ1) is 21.2. The van der Waals surface area contributed by atoms with Crippen molar-refractivity contribution in [3.05, 3.63) is 46.0 Å². The molecule has 0 aromatic heterocycles. The first-order valence-electron chi connectivity index (χ1n) is 10.2. The fourth-order valence-corrected chi connectivity index (χ4v) is 4.44. The van der Waals surface area contributed by atoms with Crippen LogP contribution in [0.5, 0.6) is 0 Å². The van der Waals surface area contributed by atoms with Crippen LogP contribution < -0.4 is 10.0 Å². The molecule has 0 amide bonds. The van der Waals surface area contributed by atoms with Crippen LogP contribution in [0.15, 0.2) is 18.2 Å². The number of rotatable bonds is 5. The maximum absolute atomic E-state index is 13.0. The number of carbonyl (C=O) groups excluding carboxylic acids is 2. The van der Waals surface area contributed by atoms with Gasteiger partial charge in [-0.1, -0.05) is 6.07 Å². The van der Waals surface area contributed by atoms with E-state index >= 15 is 0 Å². The molecule has 1 heterocycles. The first-order chi connectivity index (χ1) is 14.0. The summed E-state index contributed by atoms with van der Waals surface area (Å²) in [6.07, 6.45) is 7.97. The lowest BCUT2D eigenvalue weighted by atomic mass is 9.91. The van der Waals surface area contributed by atoms with Gasteiger partial charge in [0, 0.05) is 11.6 Å².